The van der Waals surface area contributed by atoms with E-state index in [1.807, 2.05) is 28.4 Å². The molecule has 1 amide bonds. The van der Waals surface area contributed by atoms with Gasteiger partial charge in [0.15, 0.2) is 5.82 Å². The van der Waals surface area contributed by atoms with Crippen molar-refractivity contribution in [3.63, 3.8) is 0 Å². The normalized spacial score (nSPS) is 10.5. The highest BCUT2D eigenvalue weighted by molar-refractivity contribution is 7.12. The molecule has 0 atom stereocenters. The first-order valence-corrected chi connectivity index (χ1v) is 7.52. The largest absolute Gasteiger partial charge is 0.304 e. The van der Waals surface area contributed by atoms with E-state index in [1.165, 1.54) is 22.5 Å². The number of nitrogens with zero attached hydrogens (tertiary/aromatic N) is 2. The maximum atomic E-state index is 11.9. The fraction of sp³-hybridized carbons (Fsp3) is 0.125. The molecule has 2 aromatic heterocycles. The molecule has 4 nitrogen and oxygen atoms in total. The van der Waals surface area contributed by atoms with Gasteiger partial charge in [-0.1, -0.05) is 35.9 Å². The van der Waals surface area contributed by atoms with Gasteiger partial charge in [0.1, 0.15) is 0 Å². The highest BCUT2D eigenvalue weighted by Crippen LogP contribution is 2.12. The Morgan fingerprint density at radius 1 is 1.29 bits per heavy atom. The molecular weight excluding hydrogens is 282 g/mol. The molecule has 0 saturated carbocycles. The minimum atomic E-state index is -0.120. The summed E-state index contributed by atoms with van der Waals surface area (Å²) >= 11 is 1.41. The molecule has 1 aromatic carbocycles. The van der Waals surface area contributed by atoms with Crippen LogP contribution in [0.5, 0.6) is 0 Å². The molecule has 2 heterocycles. The van der Waals surface area contributed by atoms with E-state index in [0.717, 1.165) is 0 Å². The van der Waals surface area contributed by atoms with Crippen molar-refractivity contribution < 1.29 is 4.79 Å². The smallest absolute Gasteiger partial charge is 0.266 e. The van der Waals surface area contributed by atoms with Crippen molar-refractivity contribution in [2.45, 2.75) is 13.5 Å². The summed E-state index contributed by atoms with van der Waals surface area (Å²) in [5.74, 6) is 0.451. The van der Waals surface area contributed by atoms with Gasteiger partial charge in [0.05, 0.1) is 11.4 Å². The molecule has 0 saturated heterocycles. The van der Waals surface area contributed by atoms with Crippen molar-refractivity contribution >= 4 is 23.1 Å². The summed E-state index contributed by atoms with van der Waals surface area (Å²) in [7, 11) is 0. The van der Waals surface area contributed by atoms with Crippen LogP contribution in [0, 0.1) is 6.92 Å². The summed E-state index contributed by atoms with van der Waals surface area (Å²) in [5.41, 5.74) is 2.42. The molecular formula is C16H15N3OS. The Morgan fingerprint density at radius 3 is 2.95 bits per heavy atom. The fourth-order valence-corrected chi connectivity index (χ4v) is 2.72. The first-order chi connectivity index (χ1) is 10.2. The monoisotopic (exact) mass is 297 g/mol. The van der Waals surface area contributed by atoms with E-state index >= 15 is 0 Å². The van der Waals surface area contributed by atoms with Crippen molar-refractivity contribution in [2.24, 2.45) is 0 Å². The number of carbonyl (C=O) groups excluding carboxylic acids is 1. The SMILES string of the molecule is Cc1cccc(Cn2ccc(NC(=O)c3cccs3)n2)c1. The lowest BCUT2D eigenvalue weighted by atomic mass is 10.1. The first-order valence-electron chi connectivity index (χ1n) is 6.64. The highest BCUT2D eigenvalue weighted by atomic mass is 32.1. The summed E-state index contributed by atoms with van der Waals surface area (Å²) in [4.78, 5) is 12.6. The molecule has 106 valence electrons. The zero-order valence-corrected chi connectivity index (χ0v) is 12.4. The molecule has 5 heteroatoms. The summed E-state index contributed by atoms with van der Waals surface area (Å²) in [6, 6.07) is 13.8. The standard InChI is InChI=1S/C16H15N3OS/c1-12-4-2-5-13(10-12)11-19-8-7-15(18-19)17-16(20)14-6-3-9-21-14/h2-10H,11H2,1H3,(H,17,18,20). The summed E-state index contributed by atoms with van der Waals surface area (Å²) < 4.78 is 1.82. The average Bonchev–Trinajstić information content (AvgIpc) is 3.10. The van der Waals surface area contributed by atoms with E-state index in [4.69, 9.17) is 0 Å². The van der Waals surface area contributed by atoms with Gasteiger partial charge in [-0.15, -0.1) is 11.3 Å². The van der Waals surface area contributed by atoms with E-state index in [9.17, 15) is 4.79 Å². The maximum Gasteiger partial charge on any atom is 0.266 e. The van der Waals surface area contributed by atoms with Crippen molar-refractivity contribution in [3.05, 3.63) is 70.0 Å². The number of aromatic nitrogens is 2. The molecule has 0 bridgehead atoms. The van der Waals surface area contributed by atoms with Gasteiger partial charge in [0, 0.05) is 12.3 Å². The van der Waals surface area contributed by atoms with Crippen LogP contribution in [-0.2, 0) is 6.54 Å². The topological polar surface area (TPSA) is 46.9 Å². The molecule has 0 fully saturated rings. The van der Waals surface area contributed by atoms with Crippen molar-refractivity contribution in [1.82, 2.24) is 9.78 Å². The van der Waals surface area contributed by atoms with E-state index in [1.54, 1.807) is 12.1 Å². The average molecular weight is 297 g/mol. The number of amides is 1. The van der Waals surface area contributed by atoms with Crippen molar-refractivity contribution in [2.75, 3.05) is 5.32 Å². The molecule has 0 unspecified atom stereocenters. The van der Waals surface area contributed by atoms with E-state index in [2.05, 4.69) is 35.5 Å². The lowest BCUT2D eigenvalue weighted by Gasteiger charge is -2.03. The van der Waals surface area contributed by atoms with Crippen LogP contribution in [0.3, 0.4) is 0 Å². The molecule has 3 rings (SSSR count). The van der Waals surface area contributed by atoms with E-state index in [-0.39, 0.29) is 5.91 Å². The predicted octanol–water partition coefficient (Wildman–Crippen LogP) is 3.55. The van der Waals surface area contributed by atoms with Crippen LogP contribution in [0.1, 0.15) is 20.8 Å². The van der Waals surface area contributed by atoms with E-state index < -0.39 is 0 Å². The van der Waals surface area contributed by atoms with Gasteiger partial charge in [-0.05, 0) is 23.9 Å². The molecule has 0 spiro atoms. The summed E-state index contributed by atoms with van der Waals surface area (Å²) in [6.07, 6.45) is 1.87. The summed E-state index contributed by atoms with van der Waals surface area (Å²) in [5, 5.41) is 9.06. The molecule has 21 heavy (non-hydrogen) atoms. The third kappa shape index (κ3) is 3.38. The number of hydrogen-bond acceptors (Lipinski definition) is 3. The van der Waals surface area contributed by atoms with Gasteiger partial charge in [-0.25, -0.2) is 0 Å². The minimum absolute atomic E-state index is 0.120. The number of aryl methyl sites for hydroxylation is 1. The van der Waals surface area contributed by atoms with Crippen LogP contribution in [0.15, 0.2) is 54.0 Å². The Hall–Kier alpha value is -2.40. The second kappa shape index (κ2) is 5.93. The van der Waals surface area contributed by atoms with Crippen LogP contribution in [0.4, 0.5) is 5.82 Å². The van der Waals surface area contributed by atoms with Crippen LogP contribution in [-0.4, -0.2) is 15.7 Å². The van der Waals surface area contributed by atoms with Gasteiger partial charge in [-0.3, -0.25) is 9.48 Å². The van der Waals surface area contributed by atoms with Crippen LogP contribution in [0.2, 0.25) is 0 Å². The third-order valence-corrected chi connectivity index (χ3v) is 3.92. The van der Waals surface area contributed by atoms with Gasteiger partial charge in [-0.2, -0.15) is 5.10 Å². The van der Waals surface area contributed by atoms with Crippen molar-refractivity contribution in [1.29, 1.82) is 0 Å². The summed E-state index contributed by atoms with van der Waals surface area (Å²) in [6.45, 7) is 2.76. The molecule has 3 aromatic rings. The second-order valence-corrected chi connectivity index (χ2v) is 5.77. The zero-order chi connectivity index (χ0) is 14.7. The van der Waals surface area contributed by atoms with Crippen LogP contribution >= 0.6 is 11.3 Å². The quantitative estimate of drug-likeness (QED) is 0.800. The third-order valence-electron chi connectivity index (χ3n) is 3.05. The van der Waals surface area contributed by atoms with Crippen molar-refractivity contribution in [3.8, 4) is 0 Å². The number of hydrogen-bond donors (Lipinski definition) is 1. The Kier molecular flexibility index (Phi) is 3.83. The lowest BCUT2D eigenvalue weighted by Crippen LogP contribution is -2.11. The molecule has 0 aliphatic carbocycles. The minimum Gasteiger partial charge on any atom is -0.304 e. The Morgan fingerprint density at radius 2 is 2.19 bits per heavy atom. The molecule has 0 aliphatic rings. The number of thiophene rings is 1. The zero-order valence-electron chi connectivity index (χ0n) is 11.6. The Bertz CT molecular complexity index is 746. The number of benzene rings is 1. The predicted molar refractivity (Wildman–Crippen MR) is 84.8 cm³/mol. The van der Waals surface area contributed by atoms with Gasteiger partial charge < -0.3 is 5.32 Å². The number of anilines is 1. The molecule has 1 N–H and O–H groups in total. The van der Waals surface area contributed by atoms with Crippen LogP contribution < -0.4 is 5.32 Å². The fourth-order valence-electron chi connectivity index (χ4n) is 2.10. The second-order valence-electron chi connectivity index (χ2n) is 4.82. The van der Waals surface area contributed by atoms with Gasteiger partial charge in [0.25, 0.3) is 5.91 Å². The number of carbonyl (C=O) groups is 1. The number of rotatable bonds is 4. The first kappa shape index (κ1) is 13.6. The molecule has 0 aliphatic heterocycles. The van der Waals surface area contributed by atoms with Gasteiger partial charge in [0.2, 0.25) is 0 Å². The van der Waals surface area contributed by atoms with Crippen LogP contribution in [0.25, 0.3) is 0 Å². The lowest BCUT2D eigenvalue weighted by molar-refractivity contribution is 0.103. The highest BCUT2D eigenvalue weighted by Gasteiger charge is 2.08. The van der Waals surface area contributed by atoms with Gasteiger partial charge >= 0.3 is 0 Å². The Balaban J connectivity index is 1.68. The Labute approximate surface area is 127 Å². The van der Waals surface area contributed by atoms with E-state index in [0.29, 0.717) is 17.2 Å². The number of nitrogens with one attached hydrogen (secondary N) is 1. The molecule has 0 radical (unpaired) electrons. The maximum absolute atomic E-state index is 11.9.